The Morgan fingerprint density at radius 1 is 1.30 bits per heavy atom. The highest BCUT2D eigenvalue weighted by Crippen LogP contribution is 2.43. The second-order valence-corrected chi connectivity index (χ2v) is 3.95. The summed E-state index contributed by atoms with van der Waals surface area (Å²) in [5, 5.41) is 18.0. The third kappa shape index (κ3) is 0.981. The molecule has 0 saturated heterocycles. The highest BCUT2D eigenvalue weighted by molar-refractivity contribution is 5.18. The number of hydrogen-bond acceptors (Lipinski definition) is 2. The molecular formula is C8H14O2. The van der Waals surface area contributed by atoms with Gasteiger partial charge in [-0.1, -0.05) is 20.8 Å². The molecule has 1 unspecified atom stereocenters. The zero-order chi connectivity index (χ0) is 7.94. The van der Waals surface area contributed by atoms with Crippen molar-refractivity contribution in [3.63, 3.8) is 0 Å². The molecule has 10 heavy (non-hydrogen) atoms. The fourth-order valence-corrected chi connectivity index (χ4v) is 1.18. The van der Waals surface area contributed by atoms with Gasteiger partial charge in [0.25, 0.3) is 0 Å². The standard InChI is InChI=1S/C8H14O2/c1-8(2,3)5-4-6(9)7(5)10/h5,9-10H,4H2,1-3H3. The van der Waals surface area contributed by atoms with Crippen molar-refractivity contribution in [2.75, 3.05) is 0 Å². The minimum Gasteiger partial charge on any atom is -0.509 e. The summed E-state index contributed by atoms with van der Waals surface area (Å²) in [6.45, 7) is 6.17. The summed E-state index contributed by atoms with van der Waals surface area (Å²) < 4.78 is 0. The molecule has 2 nitrogen and oxygen atoms in total. The lowest BCUT2D eigenvalue weighted by atomic mass is 9.71. The van der Waals surface area contributed by atoms with E-state index in [1.165, 1.54) is 0 Å². The molecule has 2 heteroatoms. The van der Waals surface area contributed by atoms with Gasteiger partial charge in [0.15, 0.2) is 0 Å². The third-order valence-corrected chi connectivity index (χ3v) is 2.07. The van der Waals surface area contributed by atoms with Crippen LogP contribution in [0.5, 0.6) is 0 Å². The van der Waals surface area contributed by atoms with Gasteiger partial charge in [-0.3, -0.25) is 0 Å². The van der Waals surface area contributed by atoms with E-state index in [9.17, 15) is 0 Å². The molecule has 0 fully saturated rings. The Morgan fingerprint density at radius 2 is 1.80 bits per heavy atom. The van der Waals surface area contributed by atoms with Crippen molar-refractivity contribution >= 4 is 0 Å². The fraction of sp³-hybridized carbons (Fsp3) is 0.750. The second-order valence-electron chi connectivity index (χ2n) is 3.95. The Kier molecular flexibility index (Phi) is 1.42. The van der Waals surface area contributed by atoms with Gasteiger partial charge in [0.1, 0.15) is 11.5 Å². The van der Waals surface area contributed by atoms with E-state index in [1.807, 2.05) is 0 Å². The first-order valence-electron chi connectivity index (χ1n) is 3.54. The van der Waals surface area contributed by atoms with Crippen LogP contribution in [0.4, 0.5) is 0 Å². The molecule has 0 aromatic heterocycles. The average Bonchev–Trinajstić information content (AvgIpc) is 1.79. The van der Waals surface area contributed by atoms with E-state index in [-0.39, 0.29) is 22.9 Å². The molecule has 0 bridgehead atoms. The smallest absolute Gasteiger partial charge is 0.134 e. The van der Waals surface area contributed by atoms with Crippen molar-refractivity contribution in [2.45, 2.75) is 27.2 Å². The molecule has 58 valence electrons. The highest BCUT2D eigenvalue weighted by Gasteiger charge is 2.38. The Balaban J connectivity index is 2.68. The summed E-state index contributed by atoms with van der Waals surface area (Å²) in [5.41, 5.74) is 0.0797. The first kappa shape index (κ1) is 7.45. The largest absolute Gasteiger partial charge is 0.509 e. The molecular weight excluding hydrogens is 128 g/mol. The van der Waals surface area contributed by atoms with Gasteiger partial charge >= 0.3 is 0 Å². The topological polar surface area (TPSA) is 40.5 Å². The molecule has 0 spiro atoms. The third-order valence-electron chi connectivity index (χ3n) is 2.07. The van der Waals surface area contributed by atoms with Crippen LogP contribution in [0.3, 0.4) is 0 Å². The summed E-state index contributed by atoms with van der Waals surface area (Å²) in [5.74, 6) is 0.514. The molecule has 1 aliphatic rings. The van der Waals surface area contributed by atoms with Gasteiger partial charge in [0.05, 0.1) is 0 Å². The number of allylic oxidation sites excluding steroid dienone is 2. The van der Waals surface area contributed by atoms with E-state index >= 15 is 0 Å². The Hall–Kier alpha value is -0.660. The predicted molar refractivity (Wildman–Crippen MR) is 39.8 cm³/mol. The molecule has 1 rings (SSSR count). The van der Waals surface area contributed by atoms with Crippen LogP contribution in [-0.2, 0) is 0 Å². The predicted octanol–water partition coefficient (Wildman–Crippen LogP) is 2.38. The molecule has 0 aromatic carbocycles. The maximum atomic E-state index is 9.14. The molecule has 0 heterocycles. The molecule has 0 aromatic rings. The van der Waals surface area contributed by atoms with Crippen molar-refractivity contribution in [3.8, 4) is 0 Å². The molecule has 0 radical (unpaired) electrons. The van der Waals surface area contributed by atoms with Gasteiger partial charge in [-0.2, -0.15) is 0 Å². The maximum Gasteiger partial charge on any atom is 0.134 e. The van der Waals surface area contributed by atoms with Gasteiger partial charge < -0.3 is 10.2 Å². The highest BCUT2D eigenvalue weighted by atomic mass is 16.3. The molecule has 0 amide bonds. The maximum absolute atomic E-state index is 9.14. The van der Waals surface area contributed by atoms with Crippen LogP contribution in [0.25, 0.3) is 0 Å². The van der Waals surface area contributed by atoms with E-state index in [2.05, 4.69) is 20.8 Å². The van der Waals surface area contributed by atoms with Gasteiger partial charge in [-0.05, 0) is 5.41 Å². The Bertz CT molecular complexity index is 174. The average molecular weight is 142 g/mol. The first-order chi connectivity index (χ1) is 4.43. The second kappa shape index (κ2) is 1.91. The summed E-state index contributed by atoms with van der Waals surface area (Å²) in [6.07, 6.45) is 0.634. The first-order valence-corrected chi connectivity index (χ1v) is 3.54. The summed E-state index contributed by atoms with van der Waals surface area (Å²) in [7, 11) is 0. The fourth-order valence-electron chi connectivity index (χ4n) is 1.18. The van der Waals surface area contributed by atoms with Crippen molar-refractivity contribution in [1.82, 2.24) is 0 Å². The minimum absolute atomic E-state index is 0.0797. The lowest BCUT2D eigenvalue weighted by Gasteiger charge is -2.36. The van der Waals surface area contributed by atoms with Crippen LogP contribution in [0.15, 0.2) is 11.5 Å². The normalized spacial score (nSPS) is 26.5. The zero-order valence-electron chi connectivity index (χ0n) is 6.68. The van der Waals surface area contributed by atoms with Crippen LogP contribution in [0, 0.1) is 11.3 Å². The van der Waals surface area contributed by atoms with Crippen molar-refractivity contribution < 1.29 is 10.2 Å². The molecule has 1 atom stereocenters. The lowest BCUT2D eigenvalue weighted by Crippen LogP contribution is -2.30. The summed E-state index contributed by atoms with van der Waals surface area (Å²) in [4.78, 5) is 0. The zero-order valence-corrected chi connectivity index (χ0v) is 6.68. The van der Waals surface area contributed by atoms with E-state index in [4.69, 9.17) is 10.2 Å². The van der Waals surface area contributed by atoms with Gasteiger partial charge in [-0.25, -0.2) is 0 Å². The van der Waals surface area contributed by atoms with Gasteiger partial charge in [0.2, 0.25) is 0 Å². The number of aliphatic hydroxyl groups excluding tert-OH is 2. The summed E-state index contributed by atoms with van der Waals surface area (Å²) >= 11 is 0. The SMILES string of the molecule is CC(C)(C)C1CC(O)=C1O. The number of hydrogen-bond donors (Lipinski definition) is 2. The van der Waals surface area contributed by atoms with Crippen LogP contribution in [-0.4, -0.2) is 10.2 Å². The Labute approximate surface area is 61.2 Å². The van der Waals surface area contributed by atoms with Crippen molar-refractivity contribution in [1.29, 1.82) is 0 Å². The molecule has 0 saturated carbocycles. The number of aliphatic hydroxyl groups is 2. The van der Waals surface area contributed by atoms with Gasteiger partial charge in [-0.15, -0.1) is 0 Å². The monoisotopic (exact) mass is 142 g/mol. The molecule has 2 N–H and O–H groups in total. The van der Waals surface area contributed by atoms with E-state index in [0.29, 0.717) is 6.42 Å². The summed E-state index contributed by atoms with van der Waals surface area (Å²) in [6, 6.07) is 0. The molecule has 1 aliphatic carbocycles. The van der Waals surface area contributed by atoms with Gasteiger partial charge in [0, 0.05) is 12.3 Å². The van der Waals surface area contributed by atoms with Crippen LogP contribution in [0.1, 0.15) is 27.2 Å². The van der Waals surface area contributed by atoms with E-state index in [1.54, 1.807) is 0 Å². The Morgan fingerprint density at radius 3 is 1.90 bits per heavy atom. The lowest BCUT2D eigenvalue weighted by molar-refractivity contribution is 0.116. The van der Waals surface area contributed by atoms with Crippen LogP contribution < -0.4 is 0 Å². The number of rotatable bonds is 0. The quantitative estimate of drug-likeness (QED) is 0.545. The molecule has 0 aliphatic heterocycles. The van der Waals surface area contributed by atoms with E-state index in [0.717, 1.165) is 0 Å². The van der Waals surface area contributed by atoms with Crippen molar-refractivity contribution in [3.05, 3.63) is 11.5 Å². The van der Waals surface area contributed by atoms with E-state index < -0.39 is 0 Å². The minimum atomic E-state index is 0.0797. The van der Waals surface area contributed by atoms with Crippen LogP contribution >= 0.6 is 0 Å². The van der Waals surface area contributed by atoms with Crippen molar-refractivity contribution in [2.24, 2.45) is 11.3 Å². The van der Waals surface area contributed by atoms with Crippen LogP contribution in [0.2, 0.25) is 0 Å².